The van der Waals surface area contributed by atoms with Crippen molar-refractivity contribution in [1.82, 2.24) is 9.80 Å². The first kappa shape index (κ1) is 20.5. The summed E-state index contributed by atoms with van der Waals surface area (Å²) < 4.78 is 0.972. The minimum Gasteiger partial charge on any atom is -0.395 e. The minimum atomic E-state index is -0.121. The minimum absolute atomic E-state index is 0.0346. The highest BCUT2D eigenvalue weighted by Crippen LogP contribution is 2.16. The largest absolute Gasteiger partial charge is 0.395 e. The fourth-order valence-corrected chi connectivity index (χ4v) is 3.49. The molecule has 3 rings (SSSR count). The molecule has 1 aliphatic heterocycles. The summed E-state index contributed by atoms with van der Waals surface area (Å²) in [4.78, 5) is 29.0. The van der Waals surface area contributed by atoms with Crippen LogP contribution in [0.2, 0.25) is 0 Å². The van der Waals surface area contributed by atoms with Gasteiger partial charge < -0.3 is 15.3 Å². The van der Waals surface area contributed by atoms with Crippen LogP contribution in [0.15, 0.2) is 53.0 Å². The van der Waals surface area contributed by atoms with Crippen LogP contribution in [-0.2, 0) is 11.2 Å². The number of nitrogens with zero attached hydrogens (tertiary/aromatic N) is 2. The van der Waals surface area contributed by atoms with Gasteiger partial charge in [-0.2, -0.15) is 0 Å². The van der Waals surface area contributed by atoms with Crippen LogP contribution in [0.4, 0.5) is 5.69 Å². The monoisotopic (exact) mass is 445 g/mol. The number of aliphatic hydroxyl groups excluding tert-OH is 1. The Hall–Kier alpha value is -2.22. The maximum Gasteiger partial charge on any atom is 0.254 e. The van der Waals surface area contributed by atoms with Crippen molar-refractivity contribution in [1.29, 1.82) is 0 Å². The third kappa shape index (κ3) is 5.64. The highest BCUT2D eigenvalue weighted by Gasteiger charge is 2.22. The number of rotatable bonds is 6. The van der Waals surface area contributed by atoms with Crippen LogP contribution in [0.1, 0.15) is 15.9 Å². The van der Waals surface area contributed by atoms with Crippen molar-refractivity contribution >= 4 is 33.4 Å². The van der Waals surface area contributed by atoms with E-state index >= 15 is 0 Å². The molecule has 0 atom stereocenters. The van der Waals surface area contributed by atoms with Gasteiger partial charge in [0.1, 0.15) is 0 Å². The number of anilines is 1. The average molecular weight is 446 g/mol. The van der Waals surface area contributed by atoms with E-state index in [0.717, 1.165) is 23.1 Å². The summed E-state index contributed by atoms with van der Waals surface area (Å²) in [5.41, 5.74) is 2.11. The Bertz CT molecular complexity index is 818. The molecule has 0 saturated carbocycles. The Balaban J connectivity index is 1.58. The van der Waals surface area contributed by atoms with Gasteiger partial charge in [0.2, 0.25) is 5.91 Å². The normalized spacial score (nSPS) is 14.7. The van der Waals surface area contributed by atoms with Gasteiger partial charge in [0.05, 0.1) is 13.0 Å². The Morgan fingerprint density at radius 3 is 2.43 bits per heavy atom. The Kier molecular flexibility index (Phi) is 7.19. The van der Waals surface area contributed by atoms with Gasteiger partial charge in [0.15, 0.2) is 0 Å². The van der Waals surface area contributed by atoms with E-state index in [1.165, 1.54) is 0 Å². The van der Waals surface area contributed by atoms with Crippen LogP contribution in [0.25, 0.3) is 0 Å². The summed E-state index contributed by atoms with van der Waals surface area (Å²) in [7, 11) is 0. The third-order valence-electron chi connectivity index (χ3n) is 4.75. The molecule has 2 aromatic carbocycles. The molecule has 6 nitrogen and oxygen atoms in total. The standard InChI is InChI=1S/C21H24BrN3O3/c22-18-6-4-16(5-7-18)14-20(27)23-19-3-1-2-17(15-19)21(28)25-10-8-24(9-11-25)12-13-26/h1-7,15,26H,8-14H2,(H,23,27). The average Bonchev–Trinajstić information content (AvgIpc) is 2.70. The number of piperazine rings is 1. The first-order valence-corrected chi connectivity index (χ1v) is 10.1. The van der Waals surface area contributed by atoms with E-state index in [-0.39, 0.29) is 24.8 Å². The molecule has 1 heterocycles. The second-order valence-electron chi connectivity index (χ2n) is 6.79. The number of amides is 2. The molecule has 2 N–H and O–H groups in total. The molecule has 1 saturated heterocycles. The zero-order chi connectivity index (χ0) is 19.9. The number of carbonyl (C=O) groups is 2. The van der Waals surface area contributed by atoms with Gasteiger partial charge in [-0.3, -0.25) is 14.5 Å². The number of benzene rings is 2. The molecule has 2 amide bonds. The molecule has 0 unspecified atom stereocenters. The molecule has 2 aromatic rings. The maximum atomic E-state index is 12.8. The predicted octanol–water partition coefficient (Wildman–Crippen LogP) is 2.38. The Morgan fingerprint density at radius 2 is 1.75 bits per heavy atom. The summed E-state index contributed by atoms with van der Waals surface area (Å²) in [6.45, 7) is 3.57. The van der Waals surface area contributed by atoms with Gasteiger partial charge in [0, 0.05) is 48.4 Å². The van der Waals surface area contributed by atoms with E-state index in [2.05, 4.69) is 26.1 Å². The molecular weight excluding hydrogens is 422 g/mol. The zero-order valence-corrected chi connectivity index (χ0v) is 17.2. The molecule has 0 aliphatic carbocycles. The second kappa shape index (κ2) is 9.82. The van der Waals surface area contributed by atoms with Crippen LogP contribution in [0.5, 0.6) is 0 Å². The van der Waals surface area contributed by atoms with Gasteiger partial charge >= 0.3 is 0 Å². The SMILES string of the molecule is O=C(Cc1ccc(Br)cc1)Nc1cccc(C(=O)N2CCN(CCO)CC2)c1. The van der Waals surface area contributed by atoms with E-state index in [9.17, 15) is 9.59 Å². The van der Waals surface area contributed by atoms with Crippen LogP contribution in [-0.4, -0.2) is 66.1 Å². The highest BCUT2D eigenvalue weighted by molar-refractivity contribution is 9.10. The molecule has 1 aliphatic rings. The van der Waals surface area contributed by atoms with Gasteiger partial charge in [-0.15, -0.1) is 0 Å². The third-order valence-corrected chi connectivity index (χ3v) is 5.28. The number of aliphatic hydroxyl groups is 1. The number of β-amino-alcohol motifs (C(OH)–C–C–N with tert-alkyl or cyclic N) is 1. The molecular formula is C21H24BrN3O3. The van der Waals surface area contributed by atoms with Gasteiger partial charge in [-0.05, 0) is 35.9 Å². The van der Waals surface area contributed by atoms with E-state index in [4.69, 9.17) is 5.11 Å². The molecule has 28 heavy (non-hydrogen) atoms. The number of hydrogen-bond donors (Lipinski definition) is 2. The quantitative estimate of drug-likeness (QED) is 0.715. The first-order chi connectivity index (χ1) is 13.5. The van der Waals surface area contributed by atoms with Crippen molar-refractivity contribution in [3.8, 4) is 0 Å². The van der Waals surface area contributed by atoms with Crippen LogP contribution in [0.3, 0.4) is 0 Å². The summed E-state index contributed by atoms with van der Waals surface area (Å²) in [5, 5.41) is 11.9. The van der Waals surface area contributed by atoms with Crippen molar-refractivity contribution in [2.45, 2.75) is 6.42 Å². The van der Waals surface area contributed by atoms with Gasteiger partial charge in [-0.1, -0.05) is 34.1 Å². The smallest absolute Gasteiger partial charge is 0.254 e. The van der Waals surface area contributed by atoms with Crippen molar-refractivity contribution < 1.29 is 14.7 Å². The highest BCUT2D eigenvalue weighted by atomic mass is 79.9. The molecule has 1 fully saturated rings. The maximum absolute atomic E-state index is 12.8. The Labute approximate surface area is 173 Å². The van der Waals surface area contributed by atoms with Crippen molar-refractivity contribution in [2.24, 2.45) is 0 Å². The number of nitrogens with one attached hydrogen (secondary N) is 1. The lowest BCUT2D eigenvalue weighted by atomic mass is 10.1. The lowest BCUT2D eigenvalue weighted by Gasteiger charge is -2.34. The van der Waals surface area contributed by atoms with E-state index < -0.39 is 0 Å². The summed E-state index contributed by atoms with van der Waals surface area (Å²) in [5.74, 6) is -0.155. The van der Waals surface area contributed by atoms with E-state index in [1.807, 2.05) is 29.2 Å². The zero-order valence-electron chi connectivity index (χ0n) is 15.6. The van der Waals surface area contributed by atoms with Crippen LogP contribution >= 0.6 is 15.9 Å². The lowest BCUT2D eigenvalue weighted by molar-refractivity contribution is -0.115. The van der Waals surface area contributed by atoms with Crippen molar-refractivity contribution in [2.75, 3.05) is 44.6 Å². The number of carbonyl (C=O) groups excluding carboxylic acids is 2. The number of halogens is 1. The van der Waals surface area contributed by atoms with Crippen LogP contribution < -0.4 is 5.32 Å². The second-order valence-corrected chi connectivity index (χ2v) is 7.71. The van der Waals surface area contributed by atoms with E-state index in [0.29, 0.717) is 30.9 Å². The van der Waals surface area contributed by atoms with Crippen LogP contribution in [0, 0.1) is 0 Å². The fourth-order valence-electron chi connectivity index (χ4n) is 3.22. The molecule has 148 valence electrons. The van der Waals surface area contributed by atoms with Crippen molar-refractivity contribution in [3.63, 3.8) is 0 Å². The summed E-state index contributed by atoms with van der Waals surface area (Å²) >= 11 is 3.38. The van der Waals surface area contributed by atoms with Gasteiger partial charge in [0.25, 0.3) is 5.91 Å². The lowest BCUT2D eigenvalue weighted by Crippen LogP contribution is -2.49. The molecule has 0 bridgehead atoms. The first-order valence-electron chi connectivity index (χ1n) is 9.32. The number of hydrogen-bond acceptors (Lipinski definition) is 4. The fraction of sp³-hybridized carbons (Fsp3) is 0.333. The summed E-state index contributed by atoms with van der Waals surface area (Å²) in [6.07, 6.45) is 0.276. The molecule has 7 heteroatoms. The molecule has 0 aromatic heterocycles. The summed E-state index contributed by atoms with van der Waals surface area (Å²) in [6, 6.07) is 14.7. The Morgan fingerprint density at radius 1 is 1.04 bits per heavy atom. The topological polar surface area (TPSA) is 72.9 Å². The van der Waals surface area contributed by atoms with Crippen molar-refractivity contribution in [3.05, 3.63) is 64.1 Å². The predicted molar refractivity (Wildman–Crippen MR) is 112 cm³/mol. The van der Waals surface area contributed by atoms with Gasteiger partial charge in [-0.25, -0.2) is 0 Å². The molecule has 0 radical (unpaired) electrons. The molecule has 0 spiro atoms. The van der Waals surface area contributed by atoms with E-state index in [1.54, 1.807) is 24.3 Å².